The lowest BCUT2D eigenvalue weighted by molar-refractivity contribution is -0.384. The second-order valence-corrected chi connectivity index (χ2v) is 6.45. The smallest absolute Gasteiger partial charge is 0.292 e. The number of halogens is 1. The first-order valence-electron chi connectivity index (χ1n) is 9.14. The lowest BCUT2D eigenvalue weighted by atomic mass is 10.1. The van der Waals surface area contributed by atoms with Gasteiger partial charge in [-0.3, -0.25) is 19.9 Å². The highest BCUT2D eigenvalue weighted by atomic mass is 127. The first-order valence-corrected chi connectivity index (χ1v) is 9.14. The van der Waals surface area contributed by atoms with Crippen molar-refractivity contribution in [3.05, 3.63) is 69.8 Å². The van der Waals surface area contributed by atoms with Crippen LogP contribution in [0, 0.1) is 10.1 Å². The molecule has 10 heteroatoms. The maximum absolute atomic E-state index is 11.9. The van der Waals surface area contributed by atoms with Crippen molar-refractivity contribution < 1.29 is 9.72 Å². The number of benzene rings is 2. The molecule has 0 aliphatic heterocycles. The Labute approximate surface area is 193 Å². The number of anilines is 1. The number of guanidine groups is 1. The molecule has 0 fully saturated rings. The predicted octanol–water partition coefficient (Wildman–Crippen LogP) is 2.69. The van der Waals surface area contributed by atoms with Crippen LogP contribution in [0.15, 0.2) is 53.5 Å². The predicted molar refractivity (Wildman–Crippen MR) is 130 cm³/mol. The van der Waals surface area contributed by atoms with Gasteiger partial charge in [0.15, 0.2) is 5.96 Å². The van der Waals surface area contributed by atoms with E-state index in [1.165, 1.54) is 11.0 Å². The Balaban J connectivity index is 0.00000450. The zero-order valence-corrected chi connectivity index (χ0v) is 19.5. The molecule has 2 aromatic rings. The minimum absolute atomic E-state index is 0. The minimum Gasteiger partial charge on any atom is -0.378 e. The molecule has 30 heavy (non-hydrogen) atoms. The van der Waals surface area contributed by atoms with Crippen LogP contribution in [-0.4, -0.2) is 55.9 Å². The van der Waals surface area contributed by atoms with E-state index < -0.39 is 4.92 Å². The molecule has 0 spiro atoms. The number of para-hydroxylation sites is 2. The van der Waals surface area contributed by atoms with Crippen molar-refractivity contribution in [1.29, 1.82) is 0 Å². The summed E-state index contributed by atoms with van der Waals surface area (Å²) >= 11 is 0. The van der Waals surface area contributed by atoms with Crippen molar-refractivity contribution in [2.75, 3.05) is 39.5 Å². The van der Waals surface area contributed by atoms with Crippen LogP contribution in [0.1, 0.15) is 15.9 Å². The van der Waals surface area contributed by atoms with Gasteiger partial charge in [0.2, 0.25) is 0 Å². The fourth-order valence-electron chi connectivity index (χ4n) is 2.59. The SMILES string of the molecule is CN=C(NCCNc1ccccc1[N+](=O)[O-])NCc1ccc(C(=O)N(C)C)cc1.I. The van der Waals surface area contributed by atoms with E-state index in [0.29, 0.717) is 36.8 Å². The second-order valence-electron chi connectivity index (χ2n) is 6.45. The number of hydrogen-bond donors (Lipinski definition) is 3. The maximum Gasteiger partial charge on any atom is 0.292 e. The molecule has 0 saturated carbocycles. The van der Waals surface area contributed by atoms with Crippen LogP contribution in [-0.2, 0) is 6.54 Å². The fourth-order valence-corrected chi connectivity index (χ4v) is 2.59. The van der Waals surface area contributed by atoms with Crippen LogP contribution in [0.25, 0.3) is 0 Å². The zero-order valence-electron chi connectivity index (χ0n) is 17.2. The summed E-state index contributed by atoms with van der Waals surface area (Å²) in [5, 5.41) is 20.4. The lowest BCUT2D eigenvalue weighted by Crippen LogP contribution is -2.39. The molecular formula is C20H27IN6O3. The highest BCUT2D eigenvalue weighted by molar-refractivity contribution is 14.0. The third-order valence-corrected chi connectivity index (χ3v) is 4.12. The van der Waals surface area contributed by atoms with Gasteiger partial charge in [0.25, 0.3) is 11.6 Å². The van der Waals surface area contributed by atoms with Crippen LogP contribution >= 0.6 is 24.0 Å². The molecule has 162 valence electrons. The Morgan fingerprint density at radius 2 is 1.73 bits per heavy atom. The van der Waals surface area contributed by atoms with Gasteiger partial charge in [0.05, 0.1) is 4.92 Å². The molecule has 0 unspecified atom stereocenters. The molecule has 0 radical (unpaired) electrons. The highest BCUT2D eigenvalue weighted by Gasteiger charge is 2.11. The molecule has 2 aromatic carbocycles. The monoisotopic (exact) mass is 526 g/mol. The Kier molecular flexibility index (Phi) is 10.6. The number of rotatable bonds is 8. The number of nitrogens with zero attached hydrogens (tertiary/aromatic N) is 3. The lowest BCUT2D eigenvalue weighted by Gasteiger charge is -2.13. The maximum atomic E-state index is 11.9. The molecule has 2 rings (SSSR count). The van der Waals surface area contributed by atoms with Crippen molar-refractivity contribution in [3.8, 4) is 0 Å². The summed E-state index contributed by atoms with van der Waals surface area (Å²) in [5.74, 6) is 0.580. The van der Waals surface area contributed by atoms with Gasteiger partial charge in [-0.05, 0) is 23.8 Å². The zero-order chi connectivity index (χ0) is 21.2. The molecule has 0 heterocycles. The standard InChI is InChI=1S/C20H26N6O3.HI/c1-21-20(23-13-12-22-17-6-4-5-7-18(17)26(28)29)24-14-15-8-10-16(11-9-15)19(27)25(2)3;/h4-11,22H,12-14H2,1-3H3,(H2,21,23,24);1H. The average molecular weight is 526 g/mol. The molecule has 0 bridgehead atoms. The van der Waals surface area contributed by atoms with Gasteiger partial charge in [0, 0.05) is 52.4 Å². The number of nitro benzene ring substituents is 1. The summed E-state index contributed by atoms with van der Waals surface area (Å²) in [5.41, 5.74) is 2.18. The van der Waals surface area contributed by atoms with E-state index in [1.807, 2.05) is 12.1 Å². The Morgan fingerprint density at radius 1 is 1.07 bits per heavy atom. The summed E-state index contributed by atoms with van der Waals surface area (Å²) in [6, 6.07) is 13.9. The Bertz CT molecular complexity index is 871. The number of carbonyl (C=O) groups is 1. The summed E-state index contributed by atoms with van der Waals surface area (Å²) in [6.45, 7) is 1.57. The summed E-state index contributed by atoms with van der Waals surface area (Å²) < 4.78 is 0. The molecule has 0 aromatic heterocycles. The van der Waals surface area contributed by atoms with Crippen molar-refractivity contribution in [2.45, 2.75) is 6.54 Å². The van der Waals surface area contributed by atoms with Crippen LogP contribution in [0.3, 0.4) is 0 Å². The summed E-state index contributed by atoms with van der Waals surface area (Å²) in [7, 11) is 5.11. The quantitative estimate of drug-likeness (QED) is 0.122. The van der Waals surface area contributed by atoms with Crippen molar-refractivity contribution in [3.63, 3.8) is 0 Å². The number of nitrogens with one attached hydrogen (secondary N) is 3. The number of amides is 1. The van der Waals surface area contributed by atoms with Crippen LogP contribution in [0.5, 0.6) is 0 Å². The van der Waals surface area contributed by atoms with E-state index >= 15 is 0 Å². The summed E-state index contributed by atoms with van der Waals surface area (Å²) in [6.07, 6.45) is 0. The molecule has 0 aliphatic rings. The first kappa shape index (κ1) is 25.1. The van der Waals surface area contributed by atoms with E-state index in [9.17, 15) is 14.9 Å². The number of nitro groups is 1. The molecule has 0 atom stereocenters. The first-order chi connectivity index (χ1) is 13.9. The van der Waals surface area contributed by atoms with Crippen LogP contribution in [0.2, 0.25) is 0 Å². The molecule has 0 aliphatic carbocycles. The van der Waals surface area contributed by atoms with E-state index in [0.717, 1.165) is 5.56 Å². The average Bonchev–Trinajstić information content (AvgIpc) is 2.73. The van der Waals surface area contributed by atoms with E-state index in [4.69, 9.17) is 0 Å². The van der Waals surface area contributed by atoms with Gasteiger partial charge >= 0.3 is 0 Å². The molecule has 3 N–H and O–H groups in total. The number of carbonyl (C=O) groups excluding carboxylic acids is 1. The molecule has 1 amide bonds. The number of aliphatic imine (C=N–C) groups is 1. The van der Waals surface area contributed by atoms with Crippen molar-refractivity contribution in [2.24, 2.45) is 4.99 Å². The third kappa shape index (κ3) is 7.50. The van der Waals surface area contributed by atoms with E-state index in [2.05, 4.69) is 20.9 Å². The van der Waals surface area contributed by atoms with Crippen molar-refractivity contribution >= 4 is 47.2 Å². The molecule has 9 nitrogen and oxygen atoms in total. The van der Waals surface area contributed by atoms with Gasteiger partial charge in [0.1, 0.15) is 5.69 Å². The topological polar surface area (TPSA) is 112 Å². The van der Waals surface area contributed by atoms with Crippen LogP contribution < -0.4 is 16.0 Å². The van der Waals surface area contributed by atoms with Gasteiger partial charge in [-0.2, -0.15) is 0 Å². The van der Waals surface area contributed by atoms with Gasteiger partial charge in [-0.1, -0.05) is 24.3 Å². The van der Waals surface area contributed by atoms with Gasteiger partial charge in [-0.25, -0.2) is 0 Å². The largest absolute Gasteiger partial charge is 0.378 e. The molecule has 0 saturated heterocycles. The Hall–Kier alpha value is -2.89. The van der Waals surface area contributed by atoms with Crippen molar-refractivity contribution in [1.82, 2.24) is 15.5 Å². The second kappa shape index (κ2) is 12.6. The fraction of sp³-hybridized carbons (Fsp3) is 0.300. The minimum atomic E-state index is -0.409. The normalized spacial score (nSPS) is 10.6. The number of hydrogen-bond acceptors (Lipinski definition) is 5. The Morgan fingerprint density at radius 3 is 2.33 bits per heavy atom. The van der Waals surface area contributed by atoms with E-state index in [1.54, 1.807) is 51.5 Å². The highest BCUT2D eigenvalue weighted by Crippen LogP contribution is 2.22. The third-order valence-electron chi connectivity index (χ3n) is 4.12. The molecular weight excluding hydrogens is 499 g/mol. The summed E-state index contributed by atoms with van der Waals surface area (Å²) in [4.78, 5) is 28.2. The van der Waals surface area contributed by atoms with Crippen LogP contribution in [0.4, 0.5) is 11.4 Å². The van der Waals surface area contributed by atoms with E-state index in [-0.39, 0.29) is 35.6 Å². The van der Waals surface area contributed by atoms with Gasteiger partial charge < -0.3 is 20.9 Å². The van der Waals surface area contributed by atoms with Gasteiger partial charge in [-0.15, -0.1) is 24.0 Å².